The molecule has 2 aromatic rings. The Kier molecular flexibility index (Phi) is 4.09. The maximum Gasteiger partial charge on any atom is 0.159 e. The zero-order valence-electron chi connectivity index (χ0n) is 10.6. The molecule has 1 heterocycles. The van der Waals surface area contributed by atoms with Gasteiger partial charge < -0.3 is 5.73 Å². The van der Waals surface area contributed by atoms with Gasteiger partial charge in [-0.15, -0.1) is 0 Å². The number of aromatic nitrogens is 2. The fourth-order valence-corrected chi connectivity index (χ4v) is 2.38. The van der Waals surface area contributed by atoms with Gasteiger partial charge in [-0.2, -0.15) is 0 Å². The summed E-state index contributed by atoms with van der Waals surface area (Å²) in [6, 6.07) is 8.12. The normalized spacial score (nSPS) is 10.7. The summed E-state index contributed by atoms with van der Waals surface area (Å²) in [6.45, 7) is 4.66. The summed E-state index contributed by atoms with van der Waals surface area (Å²) in [5, 5.41) is 0. The number of nitrogens with zero attached hydrogens (tertiary/aromatic N) is 2. The first kappa shape index (κ1) is 13.2. The Balaban J connectivity index is 2.49. The molecule has 0 atom stereocenters. The van der Waals surface area contributed by atoms with Gasteiger partial charge >= 0.3 is 0 Å². The average molecular weight is 306 g/mol. The lowest BCUT2D eigenvalue weighted by molar-refractivity contribution is 0.904. The molecule has 0 saturated heterocycles. The van der Waals surface area contributed by atoms with Crippen molar-refractivity contribution in [1.29, 1.82) is 0 Å². The van der Waals surface area contributed by atoms with Crippen LogP contribution in [0.4, 0.5) is 0 Å². The fourth-order valence-electron chi connectivity index (χ4n) is 1.91. The van der Waals surface area contributed by atoms with Crippen molar-refractivity contribution in [1.82, 2.24) is 9.97 Å². The lowest BCUT2D eigenvalue weighted by Gasteiger charge is -2.08. The number of nitrogens with two attached hydrogens (primary N) is 1. The number of aryl methyl sites for hydroxylation is 2. The van der Waals surface area contributed by atoms with E-state index in [4.69, 9.17) is 5.73 Å². The van der Waals surface area contributed by atoms with Crippen LogP contribution in [0.3, 0.4) is 0 Å². The van der Waals surface area contributed by atoms with E-state index in [1.165, 1.54) is 0 Å². The van der Waals surface area contributed by atoms with Gasteiger partial charge in [0.2, 0.25) is 0 Å². The highest BCUT2D eigenvalue weighted by molar-refractivity contribution is 9.10. The molecule has 0 saturated carbocycles. The molecule has 2 rings (SSSR count). The number of hydrogen-bond acceptors (Lipinski definition) is 3. The molecule has 0 unspecified atom stereocenters. The summed E-state index contributed by atoms with van der Waals surface area (Å²) in [5.74, 6) is 0.781. The molecule has 0 bridgehead atoms. The molecule has 0 aliphatic carbocycles. The summed E-state index contributed by atoms with van der Waals surface area (Å²) in [7, 11) is 0. The van der Waals surface area contributed by atoms with Gasteiger partial charge in [0.15, 0.2) is 5.82 Å². The number of benzene rings is 1. The molecule has 18 heavy (non-hydrogen) atoms. The van der Waals surface area contributed by atoms with Crippen LogP contribution >= 0.6 is 15.9 Å². The fraction of sp³-hybridized carbons (Fsp3) is 0.286. The summed E-state index contributed by atoms with van der Waals surface area (Å²) in [5.41, 5.74) is 9.79. The average Bonchev–Trinajstić information content (AvgIpc) is 2.28. The van der Waals surface area contributed by atoms with E-state index in [-0.39, 0.29) is 0 Å². The second kappa shape index (κ2) is 5.59. The molecular formula is C14H16BrN3. The van der Waals surface area contributed by atoms with E-state index < -0.39 is 0 Å². The largest absolute Gasteiger partial charge is 0.330 e. The zero-order valence-corrected chi connectivity index (χ0v) is 12.2. The molecule has 4 heteroatoms. The Morgan fingerprint density at radius 1 is 1.17 bits per heavy atom. The molecule has 0 radical (unpaired) electrons. The van der Waals surface area contributed by atoms with Crippen molar-refractivity contribution in [2.24, 2.45) is 5.73 Å². The van der Waals surface area contributed by atoms with Crippen LogP contribution in [0.15, 0.2) is 28.7 Å². The van der Waals surface area contributed by atoms with Gasteiger partial charge in [-0.25, -0.2) is 9.97 Å². The van der Waals surface area contributed by atoms with Crippen molar-refractivity contribution in [3.05, 3.63) is 45.7 Å². The van der Waals surface area contributed by atoms with Crippen LogP contribution in [-0.2, 0) is 6.42 Å². The molecule has 94 valence electrons. The predicted molar refractivity (Wildman–Crippen MR) is 77.4 cm³/mol. The van der Waals surface area contributed by atoms with Crippen LogP contribution in [-0.4, -0.2) is 16.5 Å². The van der Waals surface area contributed by atoms with Gasteiger partial charge in [-0.1, -0.05) is 15.9 Å². The van der Waals surface area contributed by atoms with Gasteiger partial charge in [0.1, 0.15) is 0 Å². The summed E-state index contributed by atoms with van der Waals surface area (Å²) < 4.78 is 1.07. The van der Waals surface area contributed by atoms with Crippen molar-refractivity contribution in [2.45, 2.75) is 20.3 Å². The molecule has 3 nitrogen and oxygen atoms in total. The van der Waals surface area contributed by atoms with Gasteiger partial charge in [0.05, 0.1) is 0 Å². The summed E-state index contributed by atoms with van der Waals surface area (Å²) in [4.78, 5) is 9.09. The monoisotopic (exact) mass is 305 g/mol. The zero-order chi connectivity index (χ0) is 13.1. The highest BCUT2D eigenvalue weighted by Crippen LogP contribution is 2.23. The number of rotatable bonds is 3. The number of hydrogen-bond donors (Lipinski definition) is 1. The van der Waals surface area contributed by atoms with Gasteiger partial charge in [0.25, 0.3) is 0 Å². The molecular weight excluding hydrogens is 290 g/mol. The van der Waals surface area contributed by atoms with E-state index in [0.717, 1.165) is 39.2 Å². The minimum atomic E-state index is 0.606. The first-order valence-electron chi connectivity index (χ1n) is 5.91. The van der Waals surface area contributed by atoms with Crippen LogP contribution in [0.1, 0.15) is 17.0 Å². The third-order valence-electron chi connectivity index (χ3n) is 2.74. The topological polar surface area (TPSA) is 51.8 Å². The second-order valence-electron chi connectivity index (χ2n) is 4.32. The van der Waals surface area contributed by atoms with E-state index in [1.807, 2.05) is 25.1 Å². The lowest BCUT2D eigenvalue weighted by atomic mass is 10.1. The van der Waals surface area contributed by atoms with Crippen LogP contribution in [0.5, 0.6) is 0 Å². The molecule has 0 spiro atoms. The van der Waals surface area contributed by atoms with E-state index in [1.54, 1.807) is 0 Å². The smallest absolute Gasteiger partial charge is 0.159 e. The molecule has 0 aliphatic rings. The van der Waals surface area contributed by atoms with E-state index in [9.17, 15) is 0 Å². The Hall–Kier alpha value is -1.26. The second-order valence-corrected chi connectivity index (χ2v) is 5.24. The van der Waals surface area contributed by atoms with Crippen molar-refractivity contribution < 1.29 is 0 Å². The lowest BCUT2D eigenvalue weighted by Crippen LogP contribution is -2.06. The quantitative estimate of drug-likeness (QED) is 0.948. The Morgan fingerprint density at radius 2 is 1.94 bits per heavy atom. The summed E-state index contributed by atoms with van der Waals surface area (Å²) >= 11 is 3.47. The van der Waals surface area contributed by atoms with Crippen LogP contribution in [0.25, 0.3) is 11.4 Å². The predicted octanol–water partition coefficient (Wildman–Crippen LogP) is 3.02. The third-order valence-corrected chi connectivity index (χ3v) is 3.23. The van der Waals surface area contributed by atoms with Crippen LogP contribution in [0, 0.1) is 13.8 Å². The van der Waals surface area contributed by atoms with Crippen molar-refractivity contribution in [3.8, 4) is 11.4 Å². The van der Waals surface area contributed by atoms with Gasteiger partial charge in [-0.05, 0) is 50.2 Å². The summed E-state index contributed by atoms with van der Waals surface area (Å²) in [6.07, 6.45) is 0.784. The molecule has 0 amide bonds. The van der Waals surface area contributed by atoms with Crippen molar-refractivity contribution in [3.63, 3.8) is 0 Å². The van der Waals surface area contributed by atoms with Gasteiger partial charge in [0, 0.05) is 27.8 Å². The minimum absolute atomic E-state index is 0.606. The molecule has 2 N–H and O–H groups in total. The maximum atomic E-state index is 5.58. The SMILES string of the molecule is Cc1cc(CCN)nc(-c2ccc(Br)cc2C)n1. The first-order valence-corrected chi connectivity index (χ1v) is 6.70. The van der Waals surface area contributed by atoms with Crippen LogP contribution in [0.2, 0.25) is 0 Å². The third kappa shape index (κ3) is 2.94. The highest BCUT2D eigenvalue weighted by atomic mass is 79.9. The minimum Gasteiger partial charge on any atom is -0.330 e. The van der Waals surface area contributed by atoms with E-state index >= 15 is 0 Å². The van der Waals surface area contributed by atoms with E-state index in [0.29, 0.717) is 6.54 Å². The maximum absolute atomic E-state index is 5.58. The molecule has 0 fully saturated rings. The Morgan fingerprint density at radius 3 is 2.61 bits per heavy atom. The Bertz CT molecular complexity index is 567. The van der Waals surface area contributed by atoms with Crippen molar-refractivity contribution in [2.75, 3.05) is 6.54 Å². The number of halogens is 1. The molecule has 0 aliphatic heterocycles. The Labute approximate surface area is 116 Å². The first-order chi connectivity index (χ1) is 8.60. The molecule has 1 aromatic heterocycles. The van der Waals surface area contributed by atoms with Crippen molar-refractivity contribution >= 4 is 15.9 Å². The molecule has 1 aromatic carbocycles. The highest BCUT2D eigenvalue weighted by Gasteiger charge is 2.07. The van der Waals surface area contributed by atoms with Crippen LogP contribution < -0.4 is 5.73 Å². The van der Waals surface area contributed by atoms with Gasteiger partial charge in [-0.3, -0.25) is 0 Å². The van der Waals surface area contributed by atoms with E-state index in [2.05, 4.69) is 38.9 Å². The standard InChI is InChI=1S/C14H16BrN3/c1-9-7-11(15)3-4-13(9)14-17-10(2)8-12(18-14)5-6-16/h3-4,7-8H,5-6,16H2,1-2H3.